The first-order valence-electron chi connectivity index (χ1n) is 12.8. The van der Waals surface area contributed by atoms with Crippen molar-refractivity contribution in [3.05, 3.63) is 99.1 Å². The molecule has 0 aliphatic carbocycles. The molecule has 3 aromatic rings. The smallest absolute Gasteiger partial charge is 0.334 e. The third-order valence-corrected chi connectivity index (χ3v) is 8.06. The summed E-state index contributed by atoms with van der Waals surface area (Å²) in [6, 6.07) is 11.1. The maximum atomic E-state index is 14.5. The molecule has 1 aromatic heterocycles. The molecule has 210 valence electrons. The van der Waals surface area contributed by atoms with Crippen molar-refractivity contribution in [1.82, 2.24) is 15.2 Å². The number of benzene rings is 2. The minimum atomic E-state index is -4.36. The van der Waals surface area contributed by atoms with Crippen LogP contribution < -0.4 is 10.2 Å². The molecule has 0 atom stereocenters. The second kappa shape index (κ2) is 11.4. The Kier molecular flexibility index (Phi) is 8.08. The van der Waals surface area contributed by atoms with Crippen molar-refractivity contribution in [3.8, 4) is 0 Å². The van der Waals surface area contributed by atoms with Crippen molar-refractivity contribution >= 4 is 41.0 Å². The van der Waals surface area contributed by atoms with Crippen LogP contribution in [-0.4, -0.2) is 42.1 Å². The molecule has 1 N–H and O–H groups in total. The molecule has 11 heteroatoms. The van der Waals surface area contributed by atoms with Gasteiger partial charge in [0.05, 0.1) is 16.3 Å². The molecular formula is C29H26Cl2F4N4O. The summed E-state index contributed by atoms with van der Waals surface area (Å²) in [7, 11) is 0. The van der Waals surface area contributed by atoms with Crippen molar-refractivity contribution in [3.63, 3.8) is 0 Å². The summed E-state index contributed by atoms with van der Waals surface area (Å²) in [5, 5.41) is 3.24. The summed E-state index contributed by atoms with van der Waals surface area (Å²) in [6.45, 7) is 2.75. The average Bonchev–Trinajstić information content (AvgIpc) is 3.21. The number of fused-ring (bicyclic) bond motifs is 2. The number of urea groups is 1. The van der Waals surface area contributed by atoms with E-state index in [1.165, 1.54) is 18.2 Å². The summed E-state index contributed by atoms with van der Waals surface area (Å²) in [5.74, 6) is -0.581. The van der Waals surface area contributed by atoms with Crippen molar-refractivity contribution in [2.75, 3.05) is 31.1 Å². The molecule has 3 heterocycles. The molecule has 2 amide bonds. The number of anilines is 1. The molecule has 2 aliphatic heterocycles. The highest BCUT2D eigenvalue weighted by molar-refractivity contribution is 6.31. The van der Waals surface area contributed by atoms with E-state index in [9.17, 15) is 22.4 Å². The van der Waals surface area contributed by atoms with Gasteiger partial charge in [0.1, 0.15) is 11.0 Å². The minimum Gasteiger partial charge on any atom is -0.334 e. The third-order valence-electron chi connectivity index (χ3n) is 7.57. The maximum absolute atomic E-state index is 14.5. The topological polar surface area (TPSA) is 48.5 Å². The number of carbonyl (C=O) groups excluding carboxylic acids is 1. The standard InChI is InChI=1S/C29H26Cl2F4N4O/c30-23-15-22-25(16-24(23)32)39(27(40)37-17-20-7-10-36-26(31)14-20)18-28(22)8-12-38(13-9-28)11-1-2-19-3-5-21(6-4-19)29(33,34)35/h1-7,10,14-16H,8-9,11-13,17-18H2,(H,37,40)/b2-1+. The summed E-state index contributed by atoms with van der Waals surface area (Å²) in [4.78, 5) is 21.0. The van der Waals surface area contributed by atoms with Crippen LogP contribution in [0.3, 0.4) is 0 Å². The number of aromatic nitrogens is 1. The number of rotatable bonds is 5. The van der Waals surface area contributed by atoms with Crippen LogP contribution in [-0.2, 0) is 18.1 Å². The lowest BCUT2D eigenvalue weighted by Gasteiger charge is -2.39. The monoisotopic (exact) mass is 592 g/mol. The second-order valence-corrected chi connectivity index (χ2v) is 10.9. The van der Waals surface area contributed by atoms with Crippen molar-refractivity contribution in [2.24, 2.45) is 0 Å². The highest BCUT2D eigenvalue weighted by Crippen LogP contribution is 2.48. The molecule has 40 heavy (non-hydrogen) atoms. The highest BCUT2D eigenvalue weighted by atomic mass is 35.5. The Hall–Kier alpha value is -3.14. The number of nitrogens with one attached hydrogen (secondary N) is 1. The van der Waals surface area contributed by atoms with Gasteiger partial charge in [-0.15, -0.1) is 0 Å². The number of hydrogen-bond donors (Lipinski definition) is 1. The first-order valence-corrected chi connectivity index (χ1v) is 13.5. The van der Waals surface area contributed by atoms with Crippen LogP contribution in [0.15, 0.2) is 60.8 Å². The Labute approximate surface area is 239 Å². The predicted octanol–water partition coefficient (Wildman–Crippen LogP) is 7.32. The summed E-state index contributed by atoms with van der Waals surface area (Å²) in [6.07, 6.45) is 2.42. The molecule has 0 unspecified atom stereocenters. The van der Waals surface area contributed by atoms with Gasteiger partial charge in [0.25, 0.3) is 0 Å². The van der Waals surface area contributed by atoms with Crippen molar-refractivity contribution < 1.29 is 22.4 Å². The fourth-order valence-corrected chi connectivity index (χ4v) is 5.74. The lowest BCUT2D eigenvalue weighted by atomic mass is 9.74. The molecule has 5 rings (SSSR count). The summed E-state index contributed by atoms with van der Waals surface area (Å²) in [5.41, 5.74) is 1.83. The van der Waals surface area contributed by atoms with Gasteiger partial charge in [0, 0.05) is 31.2 Å². The van der Waals surface area contributed by atoms with Gasteiger partial charge in [-0.25, -0.2) is 14.2 Å². The number of hydrogen-bond acceptors (Lipinski definition) is 3. The Bertz CT molecular complexity index is 1420. The van der Waals surface area contributed by atoms with Crippen molar-refractivity contribution in [1.29, 1.82) is 0 Å². The molecule has 1 fully saturated rings. The number of amides is 2. The van der Waals surface area contributed by atoms with E-state index in [1.54, 1.807) is 35.4 Å². The third kappa shape index (κ3) is 6.11. The van der Waals surface area contributed by atoms with E-state index in [2.05, 4.69) is 15.2 Å². The van der Waals surface area contributed by atoms with E-state index in [0.717, 1.165) is 49.2 Å². The average molecular weight is 593 g/mol. The summed E-state index contributed by atoms with van der Waals surface area (Å²) < 4.78 is 52.8. The molecule has 1 spiro atoms. The van der Waals surface area contributed by atoms with Crippen LogP contribution in [0.1, 0.15) is 35.1 Å². The zero-order chi connectivity index (χ0) is 28.5. The first-order chi connectivity index (χ1) is 19.0. The van der Waals surface area contributed by atoms with Crippen LogP contribution in [0.25, 0.3) is 6.08 Å². The first kappa shape index (κ1) is 28.4. The number of likely N-dealkylation sites (tertiary alicyclic amines) is 1. The van der Waals surface area contributed by atoms with Gasteiger partial charge < -0.3 is 5.32 Å². The van der Waals surface area contributed by atoms with E-state index < -0.39 is 17.6 Å². The molecule has 2 aliphatic rings. The predicted molar refractivity (Wildman–Crippen MR) is 148 cm³/mol. The maximum Gasteiger partial charge on any atom is 0.416 e. The zero-order valence-electron chi connectivity index (χ0n) is 21.3. The van der Waals surface area contributed by atoms with Gasteiger partial charge in [-0.05, 0) is 79.0 Å². The number of piperidine rings is 1. The van der Waals surface area contributed by atoms with Gasteiger partial charge in [-0.3, -0.25) is 9.80 Å². The molecule has 1 saturated heterocycles. The van der Waals surface area contributed by atoms with E-state index in [1.807, 2.05) is 6.08 Å². The fourth-order valence-electron chi connectivity index (χ4n) is 5.38. The normalized spacial score (nSPS) is 17.0. The molecular weight excluding hydrogens is 567 g/mol. The van der Waals surface area contributed by atoms with E-state index in [-0.39, 0.29) is 23.0 Å². The molecule has 0 radical (unpaired) electrons. The van der Waals surface area contributed by atoms with Gasteiger partial charge in [0.15, 0.2) is 0 Å². The van der Waals surface area contributed by atoms with Gasteiger partial charge in [-0.2, -0.15) is 13.2 Å². The molecule has 0 saturated carbocycles. The number of carbonyl (C=O) groups is 1. The van der Waals surface area contributed by atoms with Gasteiger partial charge in [-0.1, -0.05) is 47.5 Å². The number of pyridine rings is 1. The van der Waals surface area contributed by atoms with Crippen LogP contribution in [0.5, 0.6) is 0 Å². The SMILES string of the molecule is O=C(NCc1ccnc(Cl)c1)N1CC2(CCN(C/C=C/c3ccc(C(F)(F)F)cc3)CC2)c2cc(Cl)c(F)cc21. The van der Waals surface area contributed by atoms with Crippen LogP contribution in [0.2, 0.25) is 10.2 Å². The van der Waals surface area contributed by atoms with Crippen LogP contribution in [0.4, 0.5) is 28.0 Å². The zero-order valence-corrected chi connectivity index (χ0v) is 22.8. The highest BCUT2D eigenvalue weighted by Gasteiger charge is 2.46. The minimum absolute atomic E-state index is 0.0220. The fraction of sp³-hybridized carbons (Fsp3) is 0.310. The molecule has 5 nitrogen and oxygen atoms in total. The number of nitrogens with zero attached hydrogens (tertiary/aromatic N) is 3. The Morgan fingerprint density at radius 2 is 1.80 bits per heavy atom. The van der Waals surface area contributed by atoms with E-state index in [0.29, 0.717) is 29.5 Å². The number of halogens is 6. The van der Waals surface area contributed by atoms with Crippen LogP contribution in [0, 0.1) is 5.82 Å². The number of alkyl halides is 3. The Balaban J connectivity index is 1.24. The largest absolute Gasteiger partial charge is 0.416 e. The second-order valence-electron chi connectivity index (χ2n) is 10.1. The van der Waals surface area contributed by atoms with Gasteiger partial charge >= 0.3 is 12.2 Å². The lowest BCUT2D eigenvalue weighted by Crippen LogP contribution is -2.47. The quantitative estimate of drug-likeness (QED) is 0.249. The Morgan fingerprint density at radius 1 is 1.07 bits per heavy atom. The van der Waals surface area contributed by atoms with E-state index in [4.69, 9.17) is 23.2 Å². The lowest BCUT2D eigenvalue weighted by molar-refractivity contribution is -0.137. The van der Waals surface area contributed by atoms with Gasteiger partial charge in [0.2, 0.25) is 0 Å². The summed E-state index contributed by atoms with van der Waals surface area (Å²) >= 11 is 12.1. The molecule has 0 bridgehead atoms. The Morgan fingerprint density at radius 3 is 2.48 bits per heavy atom. The molecule has 2 aromatic carbocycles. The van der Waals surface area contributed by atoms with Crippen LogP contribution >= 0.6 is 23.2 Å². The van der Waals surface area contributed by atoms with Crippen molar-refractivity contribution in [2.45, 2.75) is 31.0 Å². The van der Waals surface area contributed by atoms with E-state index >= 15 is 0 Å².